The van der Waals surface area contributed by atoms with Gasteiger partial charge in [-0.15, -0.1) is 0 Å². The molecule has 0 radical (unpaired) electrons. The first-order chi connectivity index (χ1) is 7.16. The first-order valence-corrected chi connectivity index (χ1v) is 4.49. The molecule has 4 nitrogen and oxygen atoms in total. The van der Waals surface area contributed by atoms with Gasteiger partial charge in [0.1, 0.15) is 17.3 Å². The van der Waals surface area contributed by atoms with Crippen LogP contribution in [0.1, 0.15) is 5.56 Å². The molecule has 0 saturated heterocycles. The smallest absolute Gasteiger partial charge is 0.143 e. The molecule has 0 fully saturated rings. The van der Waals surface area contributed by atoms with Crippen molar-refractivity contribution in [2.24, 2.45) is 0 Å². The van der Waals surface area contributed by atoms with Gasteiger partial charge in [-0.25, -0.2) is 4.39 Å². The maximum atomic E-state index is 13.0. The van der Waals surface area contributed by atoms with Gasteiger partial charge in [0, 0.05) is 5.69 Å². The molecule has 5 heteroatoms. The van der Waals surface area contributed by atoms with Gasteiger partial charge < -0.3 is 11.1 Å². The average Bonchev–Trinajstić information content (AvgIpc) is 2.58. The van der Waals surface area contributed by atoms with Gasteiger partial charge in [0.2, 0.25) is 0 Å². The summed E-state index contributed by atoms with van der Waals surface area (Å²) in [6, 6.07) is 4.54. The molecule has 4 N–H and O–H groups in total. The van der Waals surface area contributed by atoms with Crippen LogP contribution in [0.2, 0.25) is 0 Å². The number of halogens is 1. The largest absolute Gasteiger partial charge is 0.382 e. The van der Waals surface area contributed by atoms with E-state index >= 15 is 0 Å². The zero-order valence-electron chi connectivity index (χ0n) is 8.21. The highest BCUT2D eigenvalue weighted by Gasteiger charge is 2.04. The van der Waals surface area contributed by atoms with Crippen LogP contribution in [-0.4, -0.2) is 10.2 Å². The first kappa shape index (κ1) is 9.51. The predicted octanol–water partition coefficient (Wildman–Crippen LogP) is 2.18. The second-order valence-electron chi connectivity index (χ2n) is 3.28. The topological polar surface area (TPSA) is 66.7 Å². The van der Waals surface area contributed by atoms with Crippen molar-refractivity contribution in [3.05, 3.63) is 35.8 Å². The molecule has 1 heterocycles. The molecule has 1 aromatic carbocycles. The standard InChI is InChI=1S/C10H11FN4/c1-6-2-3-7(11)4-8(6)14-9-5-13-15-10(9)12/h2-5,14H,1H3,(H3,12,13,15). The molecular weight excluding hydrogens is 195 g/mol. The molecular formula is C10H11FN4. The lowest BCUT2D eigenvalue weighted by Crippen LogP contribution is -1.96. The molecule has 78 valence electrons. The van der Waals surface area contributed by atoms with Crippen LogP contribution in [0, 0.1) is 12.7 Å². The molecule has 0 aliphatic rings. The van der Waals surface area contributed by atoms with Crippen LogP contribution in [0.4, 0.5) is 21.6 Å². The molecule has 2 rings (SSSR count). The molecule has 1 aromatic heterocycles. The van der Waals surface area contributed by atoms with Crippen LogP contribution in [0.25, 0.3) is 0 Å². The van der Waals surface area contributed by atoms with Gasteiger partial charge in [-0.05, 0) is 24.6 Å². The molecule has 0 unspecified atom stereocenters. The number of nitrogens with two attached hydrogens (primary N) is 1. The normalized spacial score (nSPS) is 10.3. The molecule has 0 bridgehead atoms. The molecule has 15 heavy (non-hydrogen) atoms. The molecule has 0 spiro atoms. The van der Waals surface area contributed by atoms with Crippen LogP contribution in [-0.2, 0) is 0 Å². The number of aromatic nitrogens is 2. The number of hydrogen-bond donors (Lipinski definition) is 3. The Morgan fingerprint density at radius 1 is 1.40 bits per heavy atom. The fourth-order valence-corrected chi connectivity index (χ4v) is 1.27. The number of anilines is 3. The van der Waals surface area contributed by atoms with Crippen molar-refractivity contribution in [3.63, 3.8) is 0 Å². The van der Waals surface area contributed by atoms with Gasteiger partial charge in [0.15, 0.2) is 0 Å². The van der Waals surface area contributed by atoms with E-state index in [0.717, 1.165) is 5.56 Å². The van der Waals surface area contributed by atoms with E-state index in [1.807, 2.05) is 6.92 Å². The summed E-state index contributed by atoms with van der Waals surface area (Å²) < 4.78 is 13.0. The second-order valence-corrected chi connectivity index (χ2v) is 3.28. The van der Waals surface area contributed by atoms with E-state index < -0.39 is 0 Å². The minimum absolute atomic E-state index is 0.287. The fourth-order valence-electron chi connectivity index (χ4n) is 1.27. The Balaban J connectivity index is 2.32. The summed E-state index contributed by atoms with van der Waals surface area (Å²) in [6.45, 7) is 1.89. The van der Waals surface area contributed by atoms with Gasteiger partial charge in [0.05, 0.1) is 6.20 Å². The van der Waals surface area contributed by atoms with Crippen LogP contribution >= 0.6 is 0 Å². The first-order valence-electron chi connectivity index (χ1n) is 4.49. The van der Waals surface area contributed by atoms with Gasteiger partial charge in [-0.1, -0.05) is 6.07 Å². The third-order valence-corrected chi connectivity index (χ3v) is 2.14. The van der Waals surface area contributed by atoms with Gasteiger partial charge in [-0.2, -0.15) is 5.10 Å². The maximum Gasteiger partial charge on any atom is 0.143 e. The Hall–Kier alpha value is -2.04. The molecule has 0 amide bonds. The zero-order valence-corrected chi connectivity index (χ0v) is 8.21. The van der Waals surface area contributed by atoms with Crippen molar-refractivity contribution in [3.8, 4) is 0 Å². The minimum atomic E-state index is -0.287. The van der Waals surface area contributed by atoms with Crippen molar-refractivity contribution >= 4 is 17.2 Å². The van der Waals surface area contributed by atoms with E-state index in [1.54, 1.807) is 12.3 Å². The van der Waals surface area contributed by atoms with Crippen LogP contribution in [0.15, 0.2) is 24.4 Å². The monoisotopic (exact) mass is 206 g/mol. The molecule has 0 aliphatic carbocycles. The lowest BCUT2D eigenvalue weighted by atomic mass is 10.2. The van der Waals surface area contributed by atoms with Gasteiger partial charge in [0.25, 0.3) is 0 Å². The van der Waals surface area contributed by atoms with Crippen molar-refractivity contribution in [1.29, 1.82) is 0 Å². The summed E-state index contributed by atoms with van der Waals surface area (Å²) in [5.74, 6) is 0.142. The minimum Gasteiger partial charge on any atom is -0.382 e. The number of H-pyrrole nitrogens is 1. The van der Waals surface area contributed by atoms with Gasteiger partial charge in [-0.3, -0.25) is 5.10 Å². The molecule has 0 saturated carbocycles. The van der Waals surface area contributed by atoms with Crippen molar-refractivity contribution in [1.82, 2.24) is 10.2 Å². The number of aromatic amines is 1. The Kier molecular flexibility index (Phi) is 2.29. The van der Waals surface area contributed by atoms with Gasteiger partial charge >= 0.3 is 0 Å². The van der Waals surface area contributed by atoms with E-state index in [4.69, 9.17) is 5.73 Å². The molecule has 0 aliphatic heterocycles. The zero-order chi connectivity index (χ0) is 10.8. The third kappa shape index (κ3) is 1.90. The lowest BCUT2D eigenvalue weighted by molar-refractivity contribution is 0.628. The second kappa shape index (κ2) is 3.61. The highest BCUT2D eigenvalue weighted by atomic mass is 19.1. The number of nitrogens with zero attached hydrogens (tertiary/aromatic N) is 1. The number of benzene rings is 1. The summed E-state index contributed by atoms with van der Waals surface area (Å²) in [7, 11) is 0. The van der Waals surface area contributed by atoms with Crippen LogP contribution in [0.5, 0.6) is 0 Å². The number of hydrogen-bond acceptors (Lipinski definition) is 3. The Morgan fingerprint density at radius 2 is 2.20 bits per heavy atom. The lowest BCUT2D eigenvalue weighted by Gasteiger charge is -2.07. The van der Waals surface area contributed by atoms with E-state index in [0.29, 0.717) is 17.2 Å². The van der Waals surface area contributed by atoms with E-state index in [2.05, 4.69) is 15.5 Å². The molecule has 2 aromatic rings. The maximum absolute atomic E-state index is 13.0. The highest BCUT2D eigenvalue weighted by Crippen LogP contribution is 2.23. The highest BCUT2D eigenvalue weighted by molar-refractivity contribution is 5.70. The Bertz CT molecular complexity index is 478. The summed E-state index contributed by atoms with van der Waals surface area (Å²) in [4.78, 5) is 0. The summed E-state index contributed by atoms with van der Waals surface area (Å²) >= 11 is 0. The number of nitrogen functional groups attached to an aromatic ring is 1. The predicted molar refractivity (Wildman–Crippen MR) is 57.4 cm³/mol. The summed E-state index contributed by atoms with van der Waals surface area (Å²) in [5, 5.41) is 9.36. The quantitative estimate of drug-likeness (QED) is 0.705. The number of nitrogens with one attached hydrogen (secondary N) is 2. The Morgan fingerprint density at radius 3 is 2.87 bits per heavy atom. The van der Waals surface area contributed by atoms with Crippen molar-refractivity contribution in [2.75, 3.05) is 11.1 Å². The number of aryl methyl sites for hydroxylation is 1. The number of rotatable bonds is 2. The fraction of sp³-hybridized carbons (Fsp3) is 0.100. The van der Waals surface area contributed by atoms with E-state index in [1.165, 1.54) is 12.1 Å². The van der Waals surface area contributed by atoms with Crippen molar-refractivity contribution < 1.29 is 4.39 Å². The third-order valence-electron chi connectivity index (χ3n) is 2.14. The summed E-state index contributed by atoms with van der Waals surface area (Å²) in [5.41, 5.74) is 7.87. The van der Waals surface area contributed by atoms with E-state index in [9.17, 15) is 4.39 Å². The Labute approximate surface area is 86.3 Å². The molecule has 0 atom stereocenters. The van der Waals surface area contributed by atoms with Crippen molar-refractivity contribution in [2.45, 2.75) is 6.92 Å². The van der Waals surface area contributed by atoms with E-state index in [-0.39, 0.29) is 5.82 Å². The SMILES string of the molecule is Cc1ccc(F)cc1Nc1cn[nH]c1N. The average molecular weight is 206 g/mol. The summed E-state index contributed by atoms with van der Waals surface area (Å²) in [6.07, 6.45) is 1.56. The van der Waals surface area contributed by atoms with Crippen LogP contribution < -0.4 is 11.1 Å². The van der Waals surface area contributed by atoms with Crippen LogP contribution in [0.3, 0.4) is 0 Å².